The van der Waals surface area contributed by atoms with E-state index in [0.29, 0.717) is 5.56 Å². The topological polar surface area (TPSA) is 26.0 Å². The minimum Gasteiger partial charge on any atom is -0.326 e. The second-order valence-electron chi connectivity index (χ2n) is 3.53. The van der Waals surface area contributed by atoms with Crippen LogP contribution < -0.4 is 5.73 Å². The molecule has 2 N–H and O–H groups in total. The molecule has 0 atom stereocenters. The summed E-state index contributed by atoms with van der Waals surface area (Å²) in [5.74, 6) is 0.611. The highest BCUT2D eigenvalue weighted by Gasteiger charge is 1.94. The molecule has 0 radical (unpaired) electrons. The third kappa shape index (κ3) is 6.29. The Kier molecular flexibility index (Phi) is 6.15. The Hall–Kier alpha value is -0.890. The molecule has 13 heavy (non-hydrogen) atoms. The van der Waals surface area contributed by atoms with E-state index in [-0.39, 0.29) is 12.4 Å². The molecular formula is C11H18FN. The van der Waals surface area contributed by atoms with E-state index in [0.717, 1.165) is 5.92 Å². The molecule has 1 rings (SSSR count). The van der Waals surface area contributed by atoms with Gasteiger partial charge >= 0.3 is 0 Å². The van der Waals surface area contributed by atoms with Crippen LogP contribution in [0.1, 0.15) is 26.3 Å². The van der Waals surface area contributed by atoms with Crippen LogP contribution in [-0.2, 0) is 6.54 Å². The van der Waals surface area contributed by atoms with Crippen molar-refractivity contribution in [2.45, 2.75) is 27.3 Å². The van der Waals surface area contributed by atoms with Crippen molar-refractivity contribution in [3.8, 4) is 0 Å². The highest BCUT2D eigenvalue weighted by molar-refractivity contribution is 5.16. The Morgan fingerprint density at radius 2 is 1.69 bits per heavy atom. The number of rotatable bonds is 1. The summed E-state index contributed by atoms with van der Waals surface area (Å²) in [5.41, 5.74) is 5.78. The van der Waals surface area contributed by atoms with E-state index in [1.54, 1.807) is 18.2 Å². The molecular weight excluding hydrogens is 165 g/mol. The first-order valence-corrected chi connectivity index (χ1v) is 4.51. The molecule has 0 saturated carbocycles. The molecule has 0 aromatic heterocycles. The van der Waals surface area contributed by atoms with Crippen molar-refractivity contribution < 1.29 is 4.39 Å². The fourth-order valence-corrected chi connectivity index (χ4v) is 0.664. The van der Waals surface area contributed by atoms with Gasteiger partial charge in [0.15, 0.2) is 0 Å². The van der Waals surface area contributed by atoms with Gasteiger partial charge in [-0.05, 0) is 12.0 Å². The molecule has 0 aliphatic heterocycles. The van der Waals surface area contributed by atoms with Gasteiger partial charge in [0.1, 0.15) is 5.82 Å². The summed E-state index contributed by atoms with van der Waals surface area (Å²) < 4.78 is 12.5. The number of halogens is 1. The normalized spacial score (nSPS) is 9.38. The van der Waals surface area contributed by atoms with Crippen molar-refractivity contribution in [3.05, 3.63) is 35.6 Å². The SMILES string of the molecule is CC(C)C.NCc1ccccc1F. The lowest BCUT2D eigenvalue weighted by Gasteiger charge is -1.94. The van der Waals surface area contributed by atoms with Gasteiger partial charge in [-0.15, -0.1) is 0 Å². The highest BCUT2D eigenvalue weighted by atomic mass is 19.1. The van der Waals surface area contributed by atoms with Crippen LogP contribution in [0.4, 0.5) is 4.39 Å². The quantitative estimate of drug-likeness (QED) is 0.711. The van der Waals surface area contributed by atoms with Crippen LogP contribution in [-0.4, -0.2) is 0 Å². The third-order valence-electron chi connectivity index (χ3n) is 1.18. The summed E-state index contributed by atoms with van der Waals surface area (Å²) >= 11 is 0. The van der Waals surface area contributed by atoms with Crippen molar-refractivity contribution in [1.82, 2.24) is 0 Å². The molecule has 0 amide bonds. The second kappa shape index (κ2) is 6.61. The van der Waals surface area contributed by atoms with Gasteiger partial charge in [-0.3, -0.25) is 0 Å². The summed E-state index contributed by atoms with van der Waals surface area (Å²) in [6.07, 6.45) is 0. The van der Waals surface area contributed by atoms with Crippen molar-refractivity contribution in [2.75, 3.05) is 0 Å². The van der Waals surface area contributed by atoms with Crippen molar-refractivity contribution in [3.63, 3.8) is 0 Å². The van der Waals surface area contributed by atoms with E-state index in [1.807, 2.05) is 0 Å². The Labute approximate surface area is 79.8 Å². The highest BCUT2D eigenvalue weighted by Crippen LogP contribution is 2.03. The van der Waals surface area contributed by atoms with Gasteiger partial charge in [-0.25, -0.2) is 4.39 Å². The summed E-state index contributed by atoms with van der Waals surface area (Å²) in [6.45, 7) is 6.77. The molecule has 0 fully saturated rings. The summed E-state index contributed by atoms with van der Waals surface area (Å²) in [5, 5.41) is 0. The molecule has 0 bridgehead atoms. The van der Waals surface area contributed by atoms with Crippen LogP contribution in [0, 0.1) is 11.7 Å². The zero-order valence-corrected chi connectivity index (χ0v) is 8.55. The minimum absolute atomic E-state index is 0.222. The second-order valence-corrected chi connectivity index (χ2v) is 3.53. The van der Waals surface area contributed by atoms with Gasteiger partial charge in [-0.1, -0.05) is 39.0 Å². The standard InChI is InChI=1S/C7H8FN.C4H10/c8-7-4-2-1-3-6(7)5-9;1-4(2)3/h1-4H,5,9H2;4H,1-3H3. The van der Waals surface area contributed by atoms with Crippen LogP contribution in [0.15, 0.2) is 24.3 Å². The molecule has 0 aliphatic rings. The van der Waals surface area contributed by atoms with Crippen LogP contribution in [0.25, 0.3) is 0 Å². The lowest BCUT2D eigenvalue weighted by molar-refractivity contribution is 0.610. The average molecular weight is 183 g/mol. The smallest absolute Gasteiger partial charge is 0.127 e. The first-order chi connectivity index (χ1) is 6.07. The van der Waals surface area contributed by atoms with E-state index in [2.05, 4.69) is 20.8 Å². The molecule has 0 spiro atoms. The molecule has 1 aromatic carbocycles. The number of nitrogens with two attached hydrogens (primary N) is 1. The van der Waals surface area contributed by atoms with Crippen LogP contribution >= 0.6 is 0 Å². The minimum atomic E-state index is -0.222. The Bertz CT molecular complexity index is 231. The predicted octanol–water partition coefficient (Wildman–Crippen LogP) is 2.95. The van der Waals surface area contributed by atoms with E-state index < -0.39 is 0 Å². The molecule has 0 heterocycles. The van der Waals surface area contributed by atoms with Crippen molar-refractivity contribution in [2.24, 2.45) is 11.7 Å². The number of hydrogen-bond donors (Lipinski definition) is 1. The third-order valence-corrected chi connectivity index (χ3v) is 1.18. The van der Waals surface area contributed by atoms with Crippen LogP contribution in [0.2, 0.25) is 0 Å². The molecule has 0 saturated heterocycles. The Morgan fingerprint density at radius 1 is 1.23 bits per heavy atom. The molecule has 74 valence electrons. The van der Waals surface area contributed by atoms with Crippen LogP contribution in [0.5, 0.6) is 0 Å². The number of benzene rings is 1. The maximum absolute atomic E-state index is 12.5. The summed E-state index contributed by atoms with van der Waals surface area (Å²) in [4.78, 5) is 0. The first kappa shape index (κ1) is 12.1. The number of hydrogen-bond acceptors (Lipinski definition) is 1. The van der Waals surface area contributed by atoms with Crippen molar-refractivity contribution >= 4 is 0 Å². The van der Waals surface area contributed by atoms with E-state index in [9.17, 15) is 4.39 Å². The lowest BCUT2D eigenvalue weighted by Crippen LogP contribution is -1.98. The Balaban J connectivity index is 0.000000310. The lowest BCUT2D eigenvalue weighted by atomic mass is 10.2. The largest absolute Gasteiger partial charge is 0.326 e. The van der Waals surface area contributed by atoms with Gasteiger partial charge in [0.05, 0.1) is 0 Å². The molecule has 2 heteroatoms. The van der Waals surface area contributed by atoms with Gasteiger partial charge in [0, 0.05) is 12.1 Å². The maximum atomic E-state index is 12.5. The zero-order valence-electron chi connectivity index (χ0n) is 8.55. The summed E-state index contributed by atoms with van der Waals surface area (Å²) in [7, 11) is 0. The maximum Gasteiger partial charge on any atom is 0.127 e. The monoisotopic (exact) mass is 183 g/mol. The van der Waals surface area contributed by atoms with E-state index >= 15 is 0 Å². The fraction of sp³-hybridized carbons (Fsp3) is 0.455. The summed E-state index contributed by atoms with van der Waals surface area (Å²) in [6, 6.07) is 6.50. The molecule has 0 unspecified atom stereocenters. The van der Waals surface area contributed by atoms with E-state index in [1.165, 1.54) is 6.07 Å². The van der Waals surface area contributed by atoms with Gasteiger partial charge in [0.2, 0.25) is 0 Å². The average Bonchev–Trinajstić information content (AvgIpc) is 2.04. The predicted molar refractivity (Wildman–Crippen MR) is 54.8 cm³/mol. The zero-order chi connectivity index (χ0) is 10.3. The van der Waals surface area contributed by atoms with E-state index in [4.69, 9.17) is 5.73 Å². The van der Waals surface area contributed by atoms with Gasteiger partial charge < -0.3 is 5.73 Å². The van der Waals surface area contributed by atoms with Crippen molar-refractivity contribution in [1.29, 1.82) is 0 Å². The van der Waals surface area contributed by atoms with Gasteiger partial charge in [-0.2, -0.15) is 0 Å². The molecule has 1 aromatic rings. The molecule has 0 aliphatic carbocycles. The Morgan fingerprint density at radius 3 is 2.00 bits per heavy atom. The molecule has 1 nitrogen and oxygen atoms in total. The van der Waals surface area contributed by atoms with Crippen LogP contribution in [0.3, 0.4) is 0 Å². The van der Waals surface area contributed by atoms with Gasteiger partial charge in [0.25, 0.3) is 0 Å². The first-order valence-electron chi connectivity index (χ1n) is 4.51. The fourth-order valence-electron chi connectivity index (χ4n) is 0.664.